The molecule has 0 N–H and O–H groups in total. The second-order valence-electron chi connectivity index (χ2n) is 12.1. The Morgan fingerprint density at radius 1 is 1.05 bits per heavy atom. The molecule has 44 heavy (non-hydrogen) atoms. The highest BCUT2D eigenvalue weighted by molar-refractivity contribution is 7.88. The summed E-state index contributed by atoms with van der Waals surface area (Å²) in [6.07, 6.45) is 3.71. The van der Waals surface area contributed by atoms with E-state index < -0.39 is 16.1 Å². The van der Waals surface area contributed by atoms with E-state index in [0.717, 1.165) is 46.2 Å². The highest BCUT2D eigenvalue weighted by Gasteiger charge is 2.33. The van der Waals surface area contributed by atoms with E-state index in [9.17, 15) is 13.2 Å². The van der Waals surface area contributed by atoms with Gasteiger partial charge in [0.2, 0.25) is 10.0 Å². The van der Waals surface area contributed by atoms with Crippen LogP contribution in [0, 0.1) is 19.7 Å². The van der Waals surface area contributed by atoms with Crippen LogP contribution in [0.1, 0.15) is 65.5 Å². The van der Waals surface area contributed by atoms with Crippen LogP contribution < -0.4 is 14.2 Å². The summed E-state index contributed by atoms with van der Waals surface area (Å²) in [6.45, 7) is 5.31. The van der Waals surface area contributed by atoms with Crippen molar-refractivity contribution >= 4 is 16.0 Å². The first-order chi connectivity index (χ1) is 21.0. The van der Waals surface area contributed by atoms with Crippen LogP contribution in [0.2, 0.25) is 0 Å². The molecule has 3 aromatic carbocycles. The molecule has 2 heterocycles. The van der Waals surface area contributed by atoms with E-state index in [1.165, 1.54) is 23.7 Å². The summed E-state index contributed by atoms with van der Waals surface area (Å²) in [7, 11) is -1.89. The van der Waals surface area contributed by atoms with Crippen molar-refractivity contribution in [2.75, 3.05) is 33.1 Å². The molecule has 8 nitrogen and oxygen atoms in total. The number of esters is 1. The molecule has 1 saturated heterocycles. The third kappa shape index (κ3) is 6.02. The van der Waals surface area contributed by atoms with Gasteiger partial charge in [-0.1, -0.05) is 12.1 Å². The smallest absolute Gasteiger partial charge is 0.306 e. The Morgan fingerprint density at radius 2 is 1.82 bits per heavy atom. The minimum absolute atomic E-state index is 0.0631. The molecule has 3 aromatic rings. The number of hydrogen-bond acceptors (Lipinski definition) is 7. The fraction of sp³-hybridized carbons (Fsp3) is 0.441. The van der Waals surface area contributed by atoms with Gasteiger partial charge in [0.25, 0.3) is 0 Å². The van der Waals surface area contributed by atoms with Gasteiger partial charge in [0, 0.05) is 29.7 Å². The Bertz CT molecular complexity index is 1680. The van der Waals surface area contributed by atoms with Crippen molar-refractivity contribution in [3.8, 4) is 28.4 Å². The predicted molar refractivity (Wildman–Crippen MR) is 164 cm³/mol. The lowest BCUT2D eigenvalue weighted by Gasteiger charge is -2.31. The van der Waals surface area contributed by atoms with Crippen LogP contribution in [-0.4, -0.2) is 57.9 Å². The van der Waals surface area contributed by atoms with Crippen LogP contribution in [-0.2, 0) is 26.0 Å². The fourth-order valence-corrected chi connectivity index (χ4v) is 7.78. The highest BCUT2D eigenvalue weighted by Crippen LogP contribution is 2.45. The second kappa shape index (κ2) is 12.0. The number of aryl methyl sites for hydroxylation is 2. The quantitative estimate of drug-likeness (QED) is 0.284. The summed E-state index contributed by atoms with van der Waals surface area (Å²) in [5, 5.41) is 0. The molecular weight excluding hydrogens is 585 g/mol. The van der Waals surface area contributed by atoms with E-state index in [2.05, 4.69) is 0 Å². The van der Waals surface area contributed by atoms with Gasteiger partial charge in [-0.05, 0) is 91.6 Å². The maximum Gasteiger partial charge on any atom is 0.306 e. The Morgan fingerprint density at radius 3 is 2.55 bits per heavy atom. The number of piperidine rings is 1. The molecule has 10 heteroatoms. The zero-order valence-electron chi connectivity index (χ0n) is 25.5. The van der Waals surface area contributed by atoms with Gasteiger partial charge < -0.3 is 18.9 Å². The Labute approximate surface area is 258 Å². The number of sulfonamides is 1. The number of carbonyl (C=O) groups is 1. The Kier molecular flexibility index (Phi) is 8.32. The zero-order valence-corrected chi connectivity index (χ0v) is 26.3. The van der Waals surface area contributed by atoms with Gasteiger partial charge in [0.05, 0.1) is 32.9 Å². The molecule has 0 aromatic heterocycles. The molecule has 0 amide bonds. The van der Waals surface area contributed by atoms with Crippen molar-refractivity contribution in [3.05, 3.63) is 76.1 Å². The molecule has 0 saturated carbocycles. The van der Waals surface area contributed by atoms with Crippen molar-refractivity contribution in [2.45, 2.75) is 64.1 Å². The number of halogens is 1. The molecule has 0 radical (unpaired) electrons. The average molecular weight is 624 g/mol. The first-order valence-electron chi connectivity index (χ1n) is 15.1. The molecule has 0 spiro atoms. The molecule has 1 aliphatic carbocycles. The van der Waals surface area contributed by atoms with Gasteiger partial charge in [0.15, 0.2) is 0 Å². The number of ether oxygens (including phenoxy) is 4. The largest absolute Gasteiger partial charge is 0.492 e. The van der Waals surface area contributed by atoms with Gasteiger partial charge >= 0.3 is 5.97 Å². The summed E-state index contributed by atoms with van der Waals surface area (Å²) in [4.78, 5) is 11.8. The SMILES string of the molecule is COC(=O)CC1COc2cc(O[C@@H]3CCc4c(-c5c(C)cc(OC6CCCN(S(C)(=O)=O)C6)cc5C)ccc(F)c43)ccc21. The van der Waals surface area contributed by atoms with Gasteiger partial charge in [-0.25, -0.2) is 12.8 Å². The second-order valence-corrected chi connectivity index (χ2v) is 14.0. The number of hydrogen-bond donors (Lipinski definition) is 0. The minimum atomic E-state index is -3.26. The monoisotopic (exact) mass is 623 g/mol. The summed E-state index contributed by atoms with van der Waals surface area (Å²) in [6, 6.07) is 12.9. The van der Waals surface area contributed by atoms with Crippen molar-refractivity contribution in [3.63, 3.8) is 0 Å². The maximum atomic E-state index is 15.4. The van der Waals surface area contributed by atoms with Gasteiger partial charge in [-0.2, -0.15) is 4.31 Å². The van der Waals surface area contributed by atoms with E-state index in [1.54, 1.807) is 0 Å². The summed E-state index contributed by atoms with van der Waals surface area (Å²) < 4.78 is 64.2. The van der Waals surface area contributed by atoms with E-state index >= 15 is 4.39 Å². The van der Waals surface area contributed by atoms with Crippen LogP contribution in [0.15, 0.2) is 42.5 Å². The van der Waals surface area contributed by atoms with Crippen LogP contribution in [0.3, 0.4) is 0 Å². The van der Waals surface area contributed by atoms with Crippen molar-refractivity contribution < 1.29 is 36.6 Å². The number of methoxy groups -OCH3 is 1. The molecule has 2 aliphatic heterocycles. The van der Waals surface area contributed by atoms with Crippen molar-refractivity contribution in [2.24, 2.45) is 0 Å². The van der Waals surface area contributed by atoms with Crippen LogP contribution in [0.25, 0.3) is 11.1 Å². The van der Waals surface area contributed by atoms with Gasteiger partial charge in [-0.15, -0.1) is 0 Å². The normalized spacial score (nSPS) is 21.3. The predicted octanol–water partition coefficient (Wildman–Crippen LogP) is 6.02. The summed E-state index contributed by atoms with van der Waals surface area (Å²) in [5.74, 6) is 1.34. The lowest BCUT2D eigenvalue weighted by molar-refractivity contribution is -0.141. The van der Waals surface area contributed by atoms with E-state index in [1.807, 2.05) is 50.2 Å². The third-order valence-electron chi connectivity index (χ3n) is 8.95. The van der Waals surface area contributed by atoms with Gasteiger partial charge in [0.1, 0.15) is 35.3 Å². The minimum Gasteiger partial charge on any atom is -0.492 e. The average Bonchev–Trinajstić information content (AvgIpc) is 3.58. The topological polar surface area (TPSA) is 91.4 Å². The lowest BCUT2D eigenvalue weighted by Crippen LogP contribution is -2.43. The molecule has 234 valence electrons. The number of benzene rings is 3. The molecule has 3 aliphatic rings. The Hall–Kier alpha value is -3.63. The lowest BCUT2D eigenvalue weighted by atomic mass is 9.90. The van der Waals surface area contributed by atoms with Gasteiger partial charge in [-0.3, -0.25) is 4.79 Å². The van der Waals surface area contributed by atoms with E-state index in [-0.39, 0.29) is 30.2 Å². The number of rotatable bonds is 8. The summed E-state index contributed by atoms with van der Waals surface area (Å²) in [5.41, 5.74) is 6.50. The zero-order chi connectivity index (χ0) is 31.2. The number of nitrogens with zero attached hydrogens (tertiary/aromatic N) is 1. The highest BCUT2D eigenvalue weighted by atomic mass is 32.2. The maximum absolute atomic E-state index is 15.4. The summed E-state index contributed by atoms with van der Waals surface area (Å²) >= 11 is 0. The first kappa shape index (κ1) is 30.4. The first-order valence-corrected chi connectivity index (χ1v) is 16.9. The van der Waals surface area contributed by atoms with Crippen LogP contribution in [0.4, 0.5) is 4.39 Å². The fourth-order valence-electron chi connectivity index (χ4n) is 6.89. The van der Waals surface area contributed by atoms with Crippen molar-refractivity contribution in [1.29, 1.82) is 0 Å². The van der Waals surface area contributed by atoms with E-state index in [4.69, 9.17) is 18.9 Å². The van der Waals surface area contributed by atoms with Crippen LogP contribution >= 0.6 is 0 Å². The third-order valence-corrected chi connectivity index (χ3v) is 10.2. The molecule has 3 atom stereocenters. The number of fused-ring (bicyclic) bond motifs is 2. The molecule has 2 unspecified atom stereocenters. The van der Waals surface area contributed by atoms with E-state index in [0.29, 0.717) is 55.4 Å². The molecular formula is C34H38FNO7S. The Balaban J connectivity index is 1.22. The standard InChI is InChI=1S/C34H38FNO7S/c1-20-14-25(42-24-6-5-13-36(18-24)44(4,38)39)15-21(2)33(20)27-9-11-29(35)34-28(27)10-12-30(34)43-23-7-8-26-22(16-32(37)40-3)19-41-31(26)17-23/h7-9,11,14-15,17,22,24,30H,5-6,10,12-13,16,18-19H2,1-4H3/t22?,24?,30-/m1/s1. The molecule has 6 rings (SSSR count). The molecule has 1 fully saturated rings. The molecule has 0 bridgehead atoms. The van der Waals surface area contributed by atoms with Crippen LogP contribution in [0.5, 0.6) is 17.2 Å². The number of carbonyl (C=O) groups excluding carboxylic acids is 1. The van der Waals surface area contributed by atoms with Crippen molar-refractivity contribution in [1.82, 2.24) is 4.31 Å².